The third-order valence-electron chi connectivity index (χ3n) is 5.47. The Labute approximate surface area is 183 Å². The number of carbonyl (C=O) groups is 2. The van der Waals surface area contributed by atoms with Gasteiger partial charge in [-0.3, -0.25) is 9.59 Å². The number of furan rings is 1. The number of carbonyl (C=O) groups excluding carboxylic acids is 2. The van der Waals surface area contributed by atoms with Gasteiger partial charge in [0.25, 0.3) is 5.91 Å². The minimum atomic E-state index is -1.99. The summed E-state index contributed by atoms with van der Waals surface area (Å²) in [6.45, 7) is 3.51. The fraction of sp³-hybridized carbons (Fsp3) is 0.217. The number of nitrogens with zero attached hydrogens (tertiary/aromatic N) is 1. The normalized spacial score (nSPS) is 18.0. The Hall–Kier alpha value is -2.60. The molecule has 7 heteroatoms. The van der Waals surface area contributed by atoms with Crippen LogP contribution in [0.25, 0.3) is 0 Å². The maximum absolute atomic E-state index is 13.4. The van der Waals surface area contributed by atoms with Crippen LogP contribution in [0.4, 0.5) is 5.69 Å². The summed E-state index contributed by atoms with van der Waals surface area (Å²) in [4.78, 5) is 27.8. The molecule has 1 atom stereocenters. The van der Waals surface area contributed by atoms with Gasteiger partial charge in [-0.25, -0.2) is 0 Å². The Morgan fingerprint density at radius 1 is 1.10 bits per heavy atom. The van der Waals surface area contributed by atoms with Gasteiger partial charge in [-0.2, -0.15) is 0 Å². The fourth-order valence-corrected chi connectivity index (χ4v) is 4.50. The number of para-hydroxylation sites is 1. The van der Waals surface area contributed by atoms with E-state index >= 15 is 0 Å². The van der Waals surface area contributed by atoms with Crippen LogP contribution >= 0.6 is 23.2 Å². The molecule has 0 spiro atoms. The number of aryl methyl sites for hydroxylation is 2. The highest BCUT2D eigenvalue weighted by atomic mass is 35.5. The lowest BCUT2D eigenvalue weighted by Crippen LogP contribution is -2.41. The monoisotopic (exact) mass is 443 g/mol. The number of anilines is 1. The summed E-state index contributed by atoms with van der Waals surface area (Å²) in [7, 11) is 0. The number of amides is 1. The van der Waals surface area contributed by atoms with Crippen LogP contribution in [0.1, 0.15) is 39.2 Å². The molecular formula is C23H19Cl2NO4. The van der Waals surface area contributed by atoms with Crippen LogP contribution < -0.4 is 4.90 Å². The molecule has 30 heavy (non-hydrogen) atoms. The highest BCUT2D eigenvalue weighted by Crippen LogP contribution is 2.44. The third-order valence-corrected chi connectivity index (χ3v) is 6.18. The van der Waals surface area contributed by atoms with Gasteiger partial charge < -0.3 is 14.4 Å². The van der Waals surface area contributed by atoms with Crippen LogP contribution in [0.15, 0.2) is 53.1 Å². The number of halogens is 2. The van der Waals surface area contributed by atoms with Crippen molar-refractivity contribution < 1.29 is 19.1 Å². The summed E-state index contributed by atoms with van der Waals surface area (Å²) in [5.41, 5.74) is 0.541. The lowest BCUT2D eigenvalue weighted by Gasteiger charge is -2.23. The number of benzene rings is 2. The van der Waals surface area contributed by atoms with Crippen LogP contribution in [0.5, 0.6) is 0 Å². The number of fused-ring (bicyclic) bond motifs is 1. The van der Waals surface area contributed by atoms with E-state index in [1.54, 1.807) is 56.3 Å². The van der Waals surface area contributed by atoms with E-state index in [0.29, 0.717) is 43.7 Å². The van der Waals surface area contributed by atoms with E-state index in [4.69, 9.17) is 27.6 Å². The Kier molecular flexibility index (Phi) is 5.22. The van der Waals surface area contributed by atoms with Gasteiger partial charge in [0.05, 0.1) is 30.5 Å². The van der Waals surface area contributed by atoms with Crippen LogP contribution in [-0.4, -0.2) is 16.8 Å². The molecule has 1 aliphatic rings. The molecule has 1 unspecified atom stereocenters. The minimum absolute atomic E-state index is 0.0780. The second-order valence-electron chi connectivity index (χ2n) is 7.42. The molecule has 1 aromatic heterocycles. The first kappa shape index (κ1) is 20.7. The first-order valence-electron chi connectivity index (χ1n) is 9.38. The van der Waals surface area contributed by atoms with Crippen molar-refractivity contribution in [3.05, 3.63) is 86.8 Å². The summed E-state index contributed by atoms with van der Waals surface area (Å²) in [5, 5.41) is 12.3. The first-order chi connectivity index (χ1) is 14.2. The average Bonchev–Trinajstić information content (AvgIpc) is 3.14. The number of rotatable bonds is 5. The van der Waals surface area contributed by atoms with Crippen LogP contribution in [0.2, 0.25) is 10.0 Å². The highest BCUT2D eigenvalue weighted by molar-refractivity contribution is 6.36. The van der Waals surface area contributed by atoms with E-state index in [2.05, 4.69) is 0 Å². The van der Waals surface area contributed by atoms with E-state index in [0.717, 1.165) is 0 Å². The molecule has 0 aliphatic carbocycles. The van der Waals surface area contributed by atoms with E-state index in [-0.39, 0.29) is 12.3 Å². The third kappa shape index (κ3) is 3.23. The summed E-state index contributed by atoms with van der Waals surface area (Å²) in [5.74, 6) is -0.492. The van der Waals surface area contributed by atoms with E-state index < -0.39 is 17.9 Å². The van der Waals surface area contributed by atoms with Crippen molar-refractivity contribution in [2.24, 2.45) is 0 Å². The van der Waals surface area contributed by atoms with Crippen molar-refractivity contribution >= 4 is 40.6 Å². The first-order valence-corrected chi connectivity index (χ1v) is 10.1. The number of ketones is 1. The molecule has 0 saturated heterocycles. The number of aliphatic hydroxyl groups is 1. The van der Waals surface area contributed by atoms with Crippen molar-refractivity contribution in [1.29, 1.82) is 0 Å². The molecule has 2 heterocycles. The van der Waals surface area contributed by atoms with E-state index in [1.165, 1.54) is 11.2 Å². The Balaban J connectivity index is 1.73. The zero-order valence-electron chi connectivity index (χ0n) is 16.4. The minimum Gasteiger partial charge on any atom is -0.469 e. The van der Waals surface area contributed by atoms with Crippen LogP contribution in [0.3, 0.4) is 0 Å². The van der Waals surface area contributed by atoms with Crippen molar-refractivity contribution in [3.63, 3.8) is 0 Å². The van der Waals surface area contributed by atoms with Crippen molar-refractivity contribution in [2.45, 2.75) is 32.4 Å². The number of hydrogen-bond donors (Lipinski definition) is 1. The smallest absolute Gasteiger partial charge is 0.264 e. The van der Waals surface area contributed by atoms with Gasteiger partial charge in [0.15, 0.2) is 11.4 Å². The Morgan fingerprint density at radius 3 is 2.40 bits per heavy atom. The SMILES string of the molecule is Cc1coc(C)c1C(=O)CC1(O)C(=O)N(Cc2c(Cl)cccc2Cl)c2ccccc21. The largest absolute Gasteiger partial charge is 0.469 e. The fourth-order valence-electron chi connectivity index (χ4n) is 3.99. The predicted octanol–water partition coefficient (Wildman–Crippen LogP) is 5.21. The van der Waals surface area contributed by atoms with E-state index in [9.17, 15) is 14.7 Å². The summed E-state index contributed by atoms with van der Waals surface area (Å²) >= 11 is 12.6. The molecule has 0 bridgehead atoms. The number of Topliss-reactive ketones (excluding diaryl/α,β-unsaturated/α-hetero) is 1. The van der Waals surface area contributed by atoms with Crippen molar-refractivity contribution in [1.82, 2.24) is 0 Å². The van der Waals surface area contributed by atoms with Crippen molar-refractivity contribution in [3.8, 4) is 0 Å². The molecule has 1 N–H and O–H groups in total. The van der Waals surface area contributed by atoms with Gasteiger partial charge in [-0.05, 0) is 37.6 Å². The predicted molar refractivity (Wildman–Crippen MR) is 115 cm³/mol. The van der Waals surface area contributed by atoms with Crippen molar-refractivity contribution in [2.75, 3.05) is 4.90 Å². The standard InChI is InChI=1S/C23H19Cl2NO4/c1-13-12-30-14(2)21(13)20(27)10-23(29)16-6-3-4-9-19(16)26(22(23)28)11-15-17(24)7-5-8-18(15)25/h3-9,12,29H,10-11H2,1-2H3. The number of hydrogen-bond acceptors (Lipinski definition) is 4. The molecule has 154 valence electrons. The lowest BCUT2D eigenvalue weighted by molar-refractivity contribution is -0.136. The molecule has 1 aliphatic heterocycles. The van der Waals surface area contributed by atoms with Crippen LogP contribution in [0, 0.1) is 13.8 Å². The zero-order chi connectivity index (χ0) is 21.6. The highest BCUT2D eigenvalue weighted by Gasteiger charge is 2.51. The maximum atomic E-state index is 13.4. The topological polar surface area (TPSA) is 70.7 Å². The summed E-state index contributed by atoms with van der Waals surface area (Å²) in [6, 6.07) is 12.0. The van der Waals surface area contributed by atoms with Gasteiger partial charge in [-0.1, -0.05) is 47.5 Å². The Morgan fingerprint density at radius 2 is 1.77 bits per heavy atom. The maximum Gasteiger partial charge on any atom is 0.264 e. The molecule has 0 saturated carbocycles. The molecular weight excluding hydrogens is 425 g/mol. The summed E-state index contributed by atoms with van der Waals surface area (Å²) in [6.07, 6.45) is 1.10. The van der Waals surface area contributed by atoms with Crippen LogP contribution in [-0.2, 0) is 16.9 Å². The van der Waals surface area contributed by atoms with E-state index in [1.807, 2.05) is 0 Å². The average molecular weight is 444 g/mol. The molecule has 3 aromatic rings. The quantitative estimate of drug-likeness (QED) is 0.549. The van der Waals surface area contributed by atoms with Gasteiger partial charge >= 0.3 is 0 Å². The second-order valence-corrected chi connectivity index (χ2v) is 8.23. The molecule has 2 aromatic carbocycles. The molecule has 1 amide bonds. The second kappa shape index (κ2) is 7.58. The molecule has 0 radical (unpaired) electrons. The Bertz CT molecular complexity index is 1130. The lowest BCUT2D eigenvalue weighted by atomic mass is 9.87. The zero-order valence-corrected chi connectivity index (χ0v) is 17.9. The van der Waals surface area contributed by atoms with Gasteiger partial charge in [0.1, 0.15) is 5.76 Å². The molecule has 0 fully saturated rings. The van der Waals surface area contributed by atoms with Gasteiger partial charge in [0, 0.05) is 21.2 Å². The molecule has 5 nitrogen and oxygen atoms in total. The molecule has 4 rings (SSSR count). The van der Waals surface area contributed by atoms with Gasteiger partial charge in [0.2, 0.25) is 0 Å². The van der Waals surface area contributed by atoms with Gasteiger partial charge in [-0.15, -0.1) is 0 Å². The summed E-state index contributed by atoms with van der Waals surface area (Å²) < 4.78 is 5.31.